The van der Waals surface area contributed by atoms with Crippen molar-refractivity contribution in [3.63, 3.8) is 0 Å². The fraction of sp³-hybridized carbons (Fsp3) is 0.312. The standard InChI is InChI=1S/C16H17BrN2O2/c17-14-4-3-11-7-13(2-1-12(11)8-14)16(20)19-9-15-10-21-6-5-18-15/h1-4,7-8,15,18H,5-6,9-10H2,(H,19,20). The molecule has 0 aliphatic carbocycles. The number of hydrogen-bond acceptors (Lipinski definition) is 3. The Morgan fingerprint density at radius 3 is 2.90 bits per heavy atom. The van der Waals surface area contributed by atoms with Crippen LogP contribution >= 0.6 is 15.9 Å². The first-order chi connectivity index (χ1) is 10.2. The average molecular weight is 349 g/mol. The molecule has 21 heavy (non-hydrogen) atoms. The average Bonchev–Trinajstić information content (AvgIpc) is 2.53. The fourth-order valence-electron chi connectivity index (χ4n) is 2.43. The lowest BCUT2D eigenvalue weighted by Crippen LogP contribution is -2.48. The van der Waals surface area contributed by atoms with Gasteiger partial charge in [0.2, 0.25) is 0 Å². The molecule has 1 aliphatic rings. The minimum Gasteiger partial charge on any atom is -0.378 e. The quantitative estimate of drug-likeness (QED) is 0.894. The van der Waals surface area contributed by atoms with Crippen LogP contribution in [0.4, 0.5) is 0 Å². The van der Waals surface area contributed by atoms with Crippen LogP contribution in [0.3, 0.4) is 0 Å². The van der Waals surface area contributed by atoms with E-state index >= 15 is 0 Å². The summed E-state index contributed by atoms with van der Waals surface area (Å²) in [5, 5.41) is 8.45. The fourth-order valence-corrected chi connectivity index (χ4v) is 2.81. The van der Waals surface area contributed by atoms with E-state index in [0.29, 0.717) is 18.7 Å². The lowest BCUT2D eigenvalue weighted by atomic mass is 10.1. The number of morpholine rings is 1. The largest absolute Gasteiger partial charge is 0.378 e. The molecule has 1 amide bonds. The molecule has 0 radical (unpaired) electrons. The van der Waals surface area contributed by atoms with Crippen LogP contribution in [0.5, 0.6) is 0 Å². The maximum atomic E-state index is 12.2. The maximum Gasteiger partial charge on any atom is 0.251 e. The zero-order valence-electron chi connectivity index (χ0n) is 11.6. The topological polar surface area (TPSA) is 50.4 Å². The molecule has 4 nitrogen and oxygen atoms in total. The van der Waals surface area contributed by atoms with Gasteiger partial charge in [-0.25, -0.2) is 0 Å². The molecule has 1 unspecified atom stereocenters. The van der Waals surface area contributed by atoms with Crippen molar-refractivity contribution in [3.8, 4) is 0 Å². The minimum absolute atomic E-state index is 0.0489. The van der Waals surface area contributed by atoms with Gasteiger partial charge >= 0.3 is 0 Å². The number of rotatable bonds is 3. The molecule has 2 aromatic rings. The molecule has 3 rings (SSSR count). The molecule has 1 saturated heterocycles. The number of carbonyl (C=O) groups excluding carboxylic acids is 1. The highest BCUT2D eigenvalue weighted by molar-refractivity contribution is 9.10. The highest BCUT2D eigenvalue weighted by atomic mass is 79.9. The second kappa shape index (κ2) is 6.56. The number of hydrogen-bond donors (Lipinski definition) is 2. The van der Waals surface area contributed by atoms with Gasteiger partial charge in [-0.3, -0.25) is 4.79 Å². The number of halogens is 1. The third-order valence-electron chi connectivity index (χ3n) is 3.57. The Morgan fingerprint density at radius 2 is 2.10 bits per heavy atom. The molecule has 0 spiro atoms. The van der Waals surface area contributed by atoms with Crippen molar-refractivity contribution >= 4 is 32.6 Å². The summed E-state index contributed by atoms with van der Waals surface area (Å²) in [6.45, 7) is 2.80. The van der Waals surface area contributed by atoms with Gasteiger partial charge in [0.1, 0.15) is 0 Å². The molecule has 110 valence electrons. The van der Waals surface area contributed by atoms with Crippen LogP contribution in [0.2, 0.25) is 0 Å². The highest BCUT2D eigenvalue weighted by Gasteiger charge is 2.14. The monoisotopic (exact) mass is 348 g/mol. The number of benzene rings is 2. The van der Waals surface area contributed by atoms with E-state index in [9.17, 15) is 4.79 Å². The molecule has 1 atom stereocenters. The first-order valence-corrected chi connectivity index (χ1v) is 7.80. The molecule has 1 heterocycles. The van der Waals surface area contributed by atoms with Crippen molar-refractivity contribution in [3.05, 3.63) is 46.4 Å². The molecular weight excluding hydrogens is 332 g/mol. The van der Waals surface area contributed by atoms with Gasteiger partial charge in [-0.05, 0) is 35.0 Å². The maximum absolute atomic E-state index is 12.2. The van der Waals surface area contributed by atoms with E-state index in [-0.39, 0.29) is 11.9 Å². The lowest BCUT2D eigenvalue weighted by Gasteiger charge is -2.23. The minimum atomic E-state index is -0.0489. The normalized spacial score (nSPS) is 18.6. The summed E-state index contributed by atoms with van der Waals surface area (Å²) in [4.78, 5) is 12.2. The third kappa shape index (κ3) is 3.61. The Bertz CT molecular complexity index is 654. The summed E-state index contributed by atoms with van der Waals surface area (Å²) in [7, 11) is 0. The molecule has 5 heteroatoms. The van der Waals surface area contributed by atoms with Gasteiger partial charge in [0.25, 0.3) is 5.91 Å². The summed E-state index contributed by atoms with van der Waals surface area (Å²) in [5.74, 6) is -0.0489. The molecule has 1 fully saturated rings. The van der Waals surface area contributed by atoms with E-state index < -0.39 is 0 Å². The lowest BCUT2D eigenvalue weighted by molar-refractivity contribution is 0.0735. The van der Waals surface area contributed by atoms with E-state index in [1.165, 1.54) is 0 Å². The van der Waals surface area contributed by atoms with Crippen LogP contribution in [0, 0.1) is 0 Å². The highest BCUT2D eigenvalue weighted by Crippen LogP contribution is 2.20. The van der Waals surface area contributed by atoms with Crippen LogP contribution in [0.15, 0.2) is 40.9 Å². The predicted molar refractivity (Wildman–Crippen MR) is 86.6 cm³/mol. The zero-order valence-corrected chi connectivity index (χ0v) is 13.2. The summed E-state index contributed by atoms with van der Waals surface area (Å²) in [6.07, 6.45) is 0. The van der Waals surface area contributed by atoms with Crippen LogP contribution in [0.25, 0.3) is 10.8 Å². The van der Waals surface area contributed by atoms with Crippen LogP contribution < -0.4 is 10.6 Å². The number of carbonyl (C=O) groups is 1. The van der Waals surface area contributed by atoms with Crippen LogP contribution in [-0.4, -0.2) is 38.3 Å². The first kappa shape index (κ1) is 14.5. The molecule has 0 bridgehead atoms. The van der Waals surface area contributed by atoms with E-state index in [0.717, 1.165) is 28.4 Å². The molecule has 2 aromatic carbocycles. The van der Waals surface area contributed by atoms with Gasteiger partial charge < -0.3 is 15.4 Å². The summed E-state index contributed by atoms with van der Waals surface area (Å²) in [6, 6.07) is 12.0. The molecule has 0 aromatic heterocycles. The van der Waals surface area contributed by atoms with Crippen molar-refractivity contribution in [1.29, 1.82) is 0 Å². The van der Waals surface area contributed by atoms with E-state index in [1.807, 2.05) is 36.4 Å². The predicted octanol–water partition coefficient (Wildman–Crippen LogP) is 2.32. The van der Waals surface area contributed by atoms with Crippen molar-refractivity contribution in [2.75, 3.05) is 26.3 Å². The van der Waals surface area contributed by atoms with Gasteiger partial charge in [0.05, 0.1) is 13.2 Å². The number of nitrogens with one attached hydrogen (secondary N) is 2. The van der Waals surface area contributed by atoms with Crippen molar-refractivity contribution in [2.24, 2.45) is 0 Å². The Kier molecular flexibility index (Phi) is 4.53. The number of amides is 1. The van der Waals surface area contributed by atoms with Crippen molar-refractivity contribution in [1.82, 2.24) is 10.6 Å². The van der Waals surface area contributed by atoms with E-state index in [1.54, 1.807) is 0 Å². The Hall–Kier alpha value is -1.43. The zero-order chi connectivity index (χ0) is 14.7. The van der Waals surface area contributed by atoms with E-state index in [4.69, 9.17) is 4.74 Å². The van der Waals surface area contributed by atoms with Crippen LogP contribution in [-0.2, 0) is 4.74 Å². The smallest absolute Gasteiger partial charge is 0.251 e. The Morgan fingerprint density at radius 1 is 1.29 bits per heavy atom. The molecule has 0 saturated carbocycles. The third-order valence-corrected chi connectivity index (χ3v) is 4.07. The van der Waals surface area contributed by atoms with Crippen molar-refractivity contribution < 1.29 is 9.53 Å². The number of fused-ring (bicyclic) bond motifs is 1. The van der Waals surface area contributed by atoms with Gasteiger partial charge in [-0.1, -0.05) is 28.1 Å². The van der Waals surface area contributed by atoms with Crippen molar-refractivity contribution in [2.45, 2.75) is 6.04 Å². The molecule has 1 aliphatic heterocycles. The van der Waals surface area contributed by atoms with E-state index in [2.05, 4.69) is 26.6 Å². The Labute approximate surface area is 132 Å². The van der Waals surface area contributed by atoms with Gasteiger partial charge in [0.15, 0.2) is 0 Å². The van der Waals surface area contributed by atoms with Gasteiger partial charge in [-0.15, -0.1) is 0 Å². The molecule has 2 N–H and O–H groups in total. The summed E-state index contributed by atoms with van der Waals surface area (Å²) in [5.41, 5.74) is 0.682. The van der Waals surface area contributed by atoms with Crippen LogP contribution in [0.1, 0.15) is 10.4 Å². The van der Waals surface area contributed by atoms with Gasteiger partial charge in [-0.2, -0.15) is 0 Å². The second-order valence-corrected chi connectivity index (χ2v) is 6.06. The molecular formula is C16H17BrN2O2. The second-order valence-electron chi connectivity index (χ2n) is 5.14. The van der Waals surface area contributed by atoms with Gasteiger partial charge in [0, 0.05) is 29.2 Å². The first-order valence-electron chi connectivity index (χ1n) is 7.01. The SMILES string of the molecule is O=C(NCC1COCCN1)c1ccc2cc(Br)ccc2c1. The number of ether oxygens (including phenoxy) is 1. The summed E-state index contributed by atoms with van der Waals surface area (Å²) >= 11 is 3.45. The summed E-state index contributed by atoms with van der Waals surface area (Å²) < 4.78 is 6.41. The Balaban J connectivity index is 1.67.